The van der Waals surface area contributed by atoms with E-state index >= 15 is 0 Å². The number of rotatable bonds is 5. The van der Waals surface area contributed by atoms with E-state index in [1.165, 1.54) is 6.07 Å². The summed E-state index contributed by atoms with van der Waals surface area (Å²) >= 11 is 5.61. The fourth-order valence-corrected chi connectivity index (χ4v) is 3.89. The molecule has 3 aromatic rings. The van der Waals surface area contributed by atoms with Crippen LogP contribution in [0.15, 0.2) is 51.7 Å². The maximum Gasteiger partial charge on any atom is 0.421 e. The van der Waals surface area contributed by atoms with Crippen LogP contribution in [0.2, 0.25) is 5.02 Å². The predicted octanol–water partition coefficient (Wildman–Crippen LogP) is 3.48. The molecule has 2 aromatic carbocycles. The average molecular weight is 469 g/mol. The van der Waals surface area contributed by atoms with Gasteiger partial charge in [-0.2, -0.15) is 13.2 Å². The van der Waals surface area contributed by atoms with E-state index < -0.39 is 28.4 Å². The molecule has 1 aliphatic heterocycles. The third-order valence-electron chi connectivity index (χ3n) is 5.30. The Kier molecular flexibility index (Phi) is 6.27. The van der Waals surface area contributed by atoms with E-state index in [1.807, 2.05) is 17.0 Å². The minimum Gasteiger partial charge on any atom is -0.408 e. The van der Waals surface area contributed by atoms with Crippen LogP contribution in [-0.2, 0) is 17.6 Å². The minimum atomic E-state index is -4.60. The van der Waals surface area contributed by atoms with Gasteiger partial charge in [0.2, 0.25) is 5.91 Å². The van der Waals surface area contributed by atoms with Crippen LogP contribution in [0, 0.1) is 0 Å². The van der Waals surface area contributed by atoms with Crippen molar-refractivity contribution in [3.05, 3.63) is 63.6 Å². The largest absolute Gasteiger partial charge is 0.421 e. The molecule has 0 unspecified atom stereocenters. The van der Waals surface area contributed by atoms with Crippen LogP contribution >= 0.6 is 11.6 Å². The number of carbonyl (C=O) groups excluding carboxylic acids is 1. The van der Waals surface area contributed by atoms with Crippen molar-refractivity contribution in [1.82, 2.24) is 14.4 Å². The monoisotopic (exact) mass is 468 g/mol. The topological polar surface area (TPSA) is 70.7 Å². The lowest BCUT2D eigenvalue weighted by molar-refractivity contribution is -0.137. The maximum absolute atomic E-state index is 13.0. The van der Waals surface area contributed by atoms with E-state index in [1.54, 1.807) is 16.7 Å². The van der Waals surface area contributed by atoms with Gasteiger partial charge in [-0.25, -0.2) is 4.79 Å². The molecule has 2 heterocycles. The lowest BCUT2D eigenvalue weighted by Gasteiger charge is -2.34. The first-order valence-corrected chi connectivity index (χ1v) is 10.3. The molecule has 0 bridgehead atoms. The molecule has 170 valence electrons. The lowest BCUT2D eigenvalue weighted by atomic mass is 10.2. The van der Waals surface area contributed by atoms with Crippen LogP contribution in [0.5, 0.6) is 0 Å². The molecule has 0 atom stereocenters. The fourth-order valence-electron chi connectivity index (χ4n) is 3.66. The van der Waals surface area contributed by atoms with Gasteiger partial charge in [-0.3, -0.25) is 19.2 Å². The number of nitrogens with zero attached hydrogens (tertiary/aromatic N) is 3. The highest BCUT2D eigenvalue weighted by Crippen LogP contribution is 2.36. The summed E-state index contributed by atoms with van der Waals surface area (Å²) in [5.41, 5.74) is 0.299. The standard InChI is InChI=1S/C21H20ClF3N4O3/c22-16-6-5-14(11-15(16)21(23,24)25)26-19(30)12-27-7-9-28(10-8-27)13-29-17-3-1-2-4-18(17)32-20(29)31/h1-6,11H,7-10,12-13H2,(H,26,30). The second-order valence-corrected chi connectivity index (χ2v) is 7.95. The van der Waals surface area contributed by atoms with E-state index in [2.05, 4.69) is 10.2 Å². The number of halogens is 4. The van der Waals surface area contributed by atoms with Gasteiger partial charge in [-0.05, 0) is 30.3 Å². The Labute approximate surface area is 186 Å². The number of fused-ring (bicyclic) bond motifs is 1. The van der Waals surface area contributed by atoms with Gasteiger partial charge >= 0.3 is 11.9 Å². The highest BCUT2D eigenvalue weighted by molar-refractivity contribution is 6.31. The highest BCUT2D eigenvalue weighted by atomic mass is 35.5. The van der Waals surface area contributed by atoms with E-state index in [4.69, 9.17) is 16.0 Å². The van der Waals surface area contributed by atoms with E-state index in [0.717, 1.165) is 17.6 Å². The van der Waals surface area contributed by atoms with Crippen LogP contribution in [0.4, 0.5) is 18.9 Å². The van der Waals surface area contributed by atoms with E-state index in [0.29, 0.717) is 38.4 Å². The number of carbonyl (C=O) groups is 1. The van der Waals surface area contributed by atoms with Gasteiger partial charge in [-0.1, -0.05) is 23.7 Å². The van der Waals surface area contributed by atoms with Crippen LogP contribution in [0.3, 0.4) is 0 Å². The maximum atomic E-state index is 13.0. The number of benzene rings is 2. The van der Waals surface area contributed by atoms with E-state index in [-0.39, 0.29) is 12.2 Å². The molecule has 1 saturated heterocycles. The Hall–Kier alpha value is -2.82. The Bertz CT molecular complexity index is 1180. The lowest BCUT2D eigenvalue weighted by Crippen LogP contribution is -2.49. The second-order valence-electron chi connectivity index (χ2n) is 7.54. The number of para-hydroxylation sites is 2. The van der Waals surface area contributed by atoms with Gasteiger partial charge in [0, 0.05) is 31.9 Å². The quantitative estimate of drug-likeness (QED) is 0.621. The number of hydrogen-bond acceptors (Lipinski definition) is 5. The zero-order chi connectivity index (χ0) is 22.9. The summed E-state index contributed by atoms with van der Waals surface area (Å²) < 4.78 is 45.8. The third-order valence-corrected chi connectivity index (χ3v) is 5.63. The van der Waals surface area contributed by atoms with Crippen LogP contribution in [-0.4, -0.2) is 53.0 Å². The van der Waals surface area contributed by atoms with Gasteiger partial charge in [0.15, 0.2) is 5.58 Å². The molecule has 4 rings (SSSR count). The van der Waals surface area contributed by atoms with Crippen LogP contribution in [0.1, 0.15) is 5.56 Å². The van der Waals surface area contributed by atoms with Crippen molar-refractivity contribution in [1.29, 1.82) is 0 Å². The number of oxazole rings is 1. The molecule has 1 N–H and O–H groups in total. The van der Waals surface area contributed by atoms with Crippen LogP contribution < -0.4 is 11.1 Å². The number of aromatic nitrogens is 1. The van der Waals surface area contributed by atoms with Crippen molar-refractivity contribution >= 4 is 34.3 Å². The zero-order valence-electron chi connectivity index (χ0n) is 16.9. The zero-order valence-corrected chi connectivity index (χ0v) is 17.6. The molecule has 0 saturated carbocycles. The van der Waals surface area contributed by atoms with Crippen molar-refractivity contribution in [2.24, 2.45) is 0 Å². The van der Waals surface area contributed by atoms with Crippen molar-refractivity contribution in [3.8, 4) is 0 Å². The summed E-state index contributed by atoms with van der Waals surface area (Å²) in [6.07, 6.45) is -4.60. The number of anilines is 1. The van der Waals surface area contributed by atoms with Gasteiger partial charge < -0.3 is 9.73 Å². The minimum absolute atomic E-state index is 0.0385. The molecule has 0 aliphatic carbocycles. The predicted molar refractivity (Wildman–Crippen MR) is 114 cm³/mol. The third kappa shape index (κ3) is 4.98. The fraction of sp³-hybridized carbons (Fsp3) is 0.333. The van der Waals surface area contributed by atoms with Gasteiger partial charge in [0.05, 0.1) is 29.3 Å². The summed E-state index contributed by atoms with van der Waals surface area (Å²) in [7, 11) is 0. The van der Waals surface area contributed by atoms with E-state index in [9.17, 15) is 22.8 Å². The molecule has 1 aliphatic rings. The van der Waals surface area contributed by atoms with Crippen LogP contribution in [0.25, 0.3) is 11.1 Å². The van der Waals surface area contributed by atoms with Gasteiger partial charge in [0.1, 0.15) is 0 Å². The second kappa shape index (κ2) is 8.97. The average Bonchev–Trinajstić information content (AvgIpc) is 3.05. The Balaban J connectivity index is 1.31. The highest BCUT2D eigenvalue weighted by Gasteiger charge is 2.33. The molecule has 0 spiro atoms. The molecule has 7 nitrogen and oxygen atoms in total. The SMILES string of the molecule is O=C(CN1CCN(Cn2c(=O)oc3ccccc32)CC1)Nc1ccc(Cl)c(C(F)(F)F)c1. The molecular formula is C21H20ClF3N4O3. The molecule has 1 amide bonds. The molecule has 1 aromatic heterocycles. The Morgan fingerprint density at radius 2 is 1.75 bits per heavy atom. The van der Waals surface area contributed by atoms with Gasteiger partial charge in [-0.15, -0.1) is 0 Å². The van der Waals surface area contributed by atoms with Crippen molar-refractivity contribution in [3.63, 3.8) is 0 Å². The number of alkyl halides is 3. The summed E-state index contributed by atoms with van der Waals surface area (Å²) in [6, 6.07) is 10.5. The van der Waals surface area contributed by atoms with Crippen molar-refractivity contribution < 1.29 is 22.4 Å². The number of amides is 1. The first kappa shape index (κ1) is 22.4. The smallest absolute Gasteiger partial charge is 0.408 e. The number of piperazine rings is 1. The van der Waals surface area contributed by atoms with Crippen molar-refractivity contribution in [2.45, 2.75) is 12.8 Å². The van der Waals surface area contributed by atoms with Crippen molar-refractivity contribution in [2.75, 3.05) is 38.0 Å². The number of nitrogens with one attached hydrogen (secondary N) is 1. The summed E-state index contributed by atoms with van der Waals surface area (Å²) in [4.78, 5) is 28.4. The molecule has 32 heavy (non-hydrogen) atoms. The first-order valence-electron chi connectivity index (χ1n) is 9.90. The van der Waals surface area contributed by atoms with Gasteiger partial charge in [0.25, 0.3) is 0 Å². The molecule has 0 radical (unpaired) electrons. The molecular weight excluding hydrogens is 449 g/mol. The summed E-state index contributed by atoms with van der Waals surface area (Å²) in [6.45, 7) is 2.82. The Morgan fingerprint density at radius 1 is 1.06 bits per heavy atom. The molecule has 1 fully saturated rings. The Morgan fingerprint density at radius 3 is 2.47 bits per heavy atom. The molecule has 11 heteroatoms. The summed E-state index contributed by atoms with van der Waals surface area (Å²) in [5, 5.41) is 2.07. The summed E-state index contributed by atoms with van der Waals surface area (Å²) in [5.74, 6) is -0.833. The normalized spacial score (nSPS) is 15.9. The first-order chi connectivity index (χ1) is 15.2. The number of hydrogen-bond donors (Lipinski definition) is 1.